The molecule has 11 heavy (non-hydrogen) atoms. The Labute approximate surface area is 63.6 Å². The first-order valence-electron chi connectivity index (χ1n) is 3.00. The van der Waals surface area contributed by atoms with E-state index in [9.17, 15) is 0 Å². The molecular formula is C6H9N3O2. The van der Waals surface area contributed by atoms with E-state index in [0.717, 1.165) is 0 Å². The molecule has 0 unspecified atom stereocenters. The Morgan fingerprint density at radius 2 is 2.27 bits per heavy atom. The first-order chi connectivity index (χ1) is 5.24. The van der Waals surface area contributed by atoms with Crippen molar-refractivity contribution >= 4 is 5.82 Å². The fraction of sp³-hybridized carbons (Fsp3) is 0.167. The molecule has 5 heteroatoms. The molecule has 0 atom stereocenters. The number of aromatic hydroxyl groups is 1. The van der Waals surface area contributed by atoms with Gasteiger partial charge in [0.25, 0.3) is 0 Å². The van der Waals surface area contributed by atoms with Crippen LogP contribution in [-0.4, -0.2) is 10.1 Å². The normalized spacial score (nSPS) is 9.91. The molecule has 1 aromatic rings. The lowest BCUT2D eigenvalue weighted by atomic mass is 10.3. The monoisotopic (exact) mass is 155 g/mol. The lowest BCUT2D eigenvalue weighted by Gasteiger charge is -2.00. The highest BCUT2D eigenvalue weighted by atomic mass is 16.6. The number of nitrogens with zero attached hydrogens (tertiary/aromatic N) is 1. The Bertz CT molecular complexity index is 252. The number of hydrogen-bond donors (Lipinski definition) is 3. The zero-order valence-electron chi connectivity index (χ0n) is 5.82. The van der Waals surface area contributed by atoms with Crippen LogP contribution in [0.15, 0.2) is 12.1 Å². The molecule has 5 nitrogen and oxygen atoms in total. The van der Waals surface area contributed by atoms with E-state index in [4.69, 9.17) is 16.7 Å². The molecule has 0 saturated carbocycles. The third-order valence-electron chi connectivity index (χ3n) is 1.19. The number of nitrogens with two attached hydrogens (primary N) is 2. The smallest absolute Gasteiger partial charge is 0.166 e. The first kappa shape index (κ1) is 7.77. The lowest BCUT2D eigenvalue weighted by Crippen LogP contribution is -2.02. The van der Waals surface area contributed by atoms with Gasteiger partial charge in [0.2, 0.25) is 0 Å². The highest BCUT2D eigenvalue weighted by Gasteiger charge is 1.99. The zero-order valence-corrected chi connectivity index (χ0v) is 5.82. The van der Waals surface area contributed by atoms with Gasteiger partial charge in [0.1, 0.15) is 6.61 Å². The van der Waals surface area contributed by atoms with Crippen molar-refractivity contribution in [3.8, 4) is 5.75 Å². The number of aromatic nitrogens is 1. The van der Waals surface area contributed by atoms with Gasteiger partial charge in [-0.3, -0.25) is 4.84 Å². The van der Waals surface area contributed by atoms with Gasteiger partial charge < -0.3 is 10.8 Å². The maximum Gasteiger partial charge on any atom is 0.166 e. The fourth-order valence-corrected chi connectivity index (χ4v) is 0.676. The maximum absolute atomic E-state index is 8.95. The SMILES string of the molecule is NOCc1ccc(O)c(N)n1. The van der Waals surface area contributed by atoms with Crippen molar-refractivity contribution in [2.75, 3.05) is 5.73 Å². The number of pyridine rings is 1. The standard InChI is InChI=1S/C6H9N3O2/c7-6-5(10)2-1-4(9-6)3-11-8/h1-2,10H,3,8H2,(H2,7,9). The summed E-state index contributed by atoms with van der Waals surface area (Å²) in [6.07, 6.45) is 0. The van der Waals surface area contributed by atoms with E-state index in [0.29, 0.717) is 5.69 Å². The van der Waals surface area contributed by atoms with E-state index >= 15 is 0 Å². The molecule has 0 saturated heterocycles. The molecule has 0 fully saturated rings. The van der Waals surface area contributed by atoms with Crippen LogP contribution in [0.25, 0.3) is 0 Å². The molecule has 0 aliphatic heterocycles. The Hall–Kier alpha value is -1.33. The van der Waals surface area contributed by atoms with Crippen LogP contribution in [0.4, 0.5) is 5.82 Å². The maximum atomic E-state index is 8.95. The van der Waals surface area contributed by atoms with Gasteiger partial charge in [-0.05, 0) is 12.1 Å². The van der Waals surface area contributed by atoms with Crippen LogP contribution in [0.3, 0.4) is 0 Å². The minimum absolute atomic E-state index is 0.0363. The first-order valence-corrected chi connectivity index (χ1v) is 3.00. The van der Waals surface area contributed by atoms with Gasteiger partial charge >= 0.3 is 0 Å². The van der Waals surface area contributed by atoms with Crippen LogP contribution >= 0.6 is 0 Å². The van der Waals surface area contributed by atoms with Crippen LogP contribution < -0.4 is 11.6 Å². The minimum atomic E-state index is -0.0363. The second-order valence-electron chi connectivity index (χ2n) is 2.02. The summed E-state index contributed by atoms with van der Waals surface area (Å²) in [5, 5.41) is 8.95. The number of rotatable bonds is 2. The Balaban J connectivity index is 2.86. The molecule has 1 rings (SSSR count). The fourth-order valence-electron chi connectivity index (χ4n) is 0.676. The van der Waals surface area contributed by atoms with Crippen LogP contribution in [0, 0.1) is 0 Å². The van der Waals surface area contributed by atoms with E-state index in [-0.39, 0.29) is 18.2 Å². The minimum Gasteiger partial charge on any atom is -0.504 e. The second kappa shape index (κ2) is 3.18. The lowest BCUT2D eigenvalue weighted by molar-refractivity contribution is 0.121. The summed E-state index contributed by atoms with van der Waals surface area (Å²) in [6, 6.07) is 3.02. The van der Waals surface area contributed by atoms with Crippen LogP contribution in [0.1, 0.15) is 5.69 Å². The van der Waals surface area contributed by atoms with Crippen LogP contribution in [-0.2, 0) is 11.4 Å². The zero-order chi connectivity index (χ0) is 8.27. The van der Waals surface area contributed by atoms with Gasteiger partial charge in [-0.15, -0.1) is 0 Å². The van der Waals surface area contributed by atoms with E-state index < -0.39 is 0 Å². The Morgan fingerprint density at radius 3 is 2.82 bits per heavy atom. The van der Waals surface area contributed by atoms with Crippen LogP contribution in [0.2, 0.25) is 0 Å². The Morgan fingerprint density at radius 1 is 1.55 bits per heavy atom. The van der Waals surface area contributed by atoms with Crippen molar-refractivity contribution < 1.29 is 9.94 Å². The largest absolute Gasteiger partial charge is 0.504 e. The van der Waals surface area contributed by atoms with Gasteiger partial charge in [0, 0.05) is 0 Å². The summed E-state index contributed by atoms with van der Waals surface area (Å²) in [7, 11) is 0. The molecule has 60 valence electrons. The molecule has 0 aliphatic rings. The van der Waals surface area contributed by atoms with E-state index in [1.807, 2.05) is 0 Å². The van der Waals surface area contributed by atoms with Crippen molar-refractivity contribution in [1.29, 1.82) is 0 Å². The molecule has 1 heterocycles. The average Bonchev–Trinajstić information content (AvgIpc) is 1.98. The summed E-state index contributed by atoms with van der Waals surface area (Å²) >= 11 is 0. The average molecular weight is 155 g/mol. The van der Waals surface area contributed by atoms with Crippen molar-refractivity contribution in [2.45, 2.75) is 6.61 Å². The molecule has 1 aromatic heterocycles. The molecule has 0 spiro atoms. The topological polar surface area (TPSA) is 94.4 Å². The molecule has 0 bridgehead atoms. The third-order valence-corrected chi connectivity index (χ3v) is 1.19. The molecule has 0 aromatic carbocycles. The third kappa shape index (κ3) is 1.79. The van der Waals surface area contributed by atoms with E-state index in [2.05, 4.69) is 9.82 Å². The predicted molar refractivity (Wildman–Crippen MR) is 39.3 cm³/mol. The van der Waals surface area contributed by atoms with Gasteiger partial charge in [-0.1, -0.05) is 0 Å². The van der Waals surface area contributed by atoms with Crippen molar-refractivity contribution in [1.82, 2.24) is 4.98 Å². The van der Waals surface area contributed by atoms with Crippen LogP contribution in [0.5, 0.6) is 5.75 Å². The summed E-state index contributed by atoms with van der Waals surface area (Å²) in [5.41, 5.74) is 5.88. The molecule has 0 radical (unpaired) electrons. The summed E-state index contributed by atoms with van der Waals surface area (Å²) in [6.45, 7) is 0.185. The molecule has 0 aliphatic carbocycles. The number of anilines is 1. The van der Waals surface area contributed by atoms with Crippen molar-refractivity contribution in [2.24, 2.45) is 5.90 Å². The quantitative estimate of drug-likeness (QED) is 0.512. The number of nitrogen functional groups attached to an aromatic ring is 1. The number of hydrogen-bond acceptors (Lipinski definition) is 5. The van der Waals surface area contributed by atoms with Gasteiger partial charge in [0.15, 0.2) is 11.6 Å². The molecular weight excluding hydrogens is 146 g/mol. The highest BCUT2D eigenvalue weighted by molar-refractivity contribution is 5.44. The highest BCUT2D eigenvalue weighted by Crippen LogP contribution is 2.16. The van der Waals surface area contributed by atoms with Gasteiger partial charge in [-0.25, -0.2) is 10.9 Å². The van der Waals surface area contributed by atoms with Crippen molar-refractivity contribution in [3.05, 3.63) is 17.8 Å². The van der Waals surface area contributed by atoms with E-state index in [1.165, 1.54) is 6.07 Å². The van der Waals surface area contributed by atoms with E-state index in [1.54, 1.807) is 6.07 Å². The predicted octanol–water partition coefficient (Wildman–Crippen LogP) is -0.240. The summed E-state index contributed by atoms with van der Waals surface area (Å²) in [4.78, 5) is 8.11. The molecule has 5 N–H and O–H groups in total. The summed E-state index contributed by atoms with van der Waals surface area (Å²) < 4.78 is 0. The second-order valence-corrected chi connectivity index (χ2v) is 2.02. The van der Waals surface area contributed by atoms with Gasteiger partial charge in [0.05, 0.1) is 5.69 Å². The van der Waals surface area contributed by atoms with Gasteiger partial charge in [-0.2, -0.15) is 0 Å². The van der Waals surface area contributed by atoms with Crippen molar-refractivity contribution in [3.63, 3.8) is 0 Å². The summed E-state index contributed by atoms with van der Waals surface area (Å²) in [5.74, 6) is 4.85. The molecule has 0 amide bonds. The Kier molecular flexibility index (Phi) is 2.25.